The molecule has 28 heavy (non-hydrogen) atoms. The van der Waals surface area contributed by atoms with Gasteiger partial charge in [-0.2, -0.15) is 0 Å². The van der Waals surface area contributed by atoms with Crippen molar-refractivity contribution in [2.45, 2.75) is 26.4 Å². The van der Waals surface area contributed by atoms with E-state index in [-0.39, 0.29) is 25.0 Å². The molecule has 150 valence electrons. The van der Waals surface area contributed by atoms with E-state index in [1.54, 1.807) is 37.3 Å². The Morgan fingerprint density at radius 3 is 2.46 bits per heavy atom. The molecule has 1 atom stereocenters. The van der Waals surface area contributed by atoms with E-state index in [0.717, 1.165) is 3.57 Å². The summed E-state index contributed by atoms with van der Waals surface area (Å²) in [6, 6.07) is 11.7. The molecule has 0 aliphatic carbocycles. The molecular formula is C20H21Cl2IN2O3. The molecule has 1 unspecified atom stereocenters. The fraction of sp³-hybridized carbons (Fsp3) is 0.300. The molecule has 0 heterocycles. The number of hydrogen-bond acceptors (Lipinski definition) is 3. The molecule has 0 radical (unpaired) electrons. The lowest BCUT2D eigenvalue weighted by Gasteiger charge is -2.29. The van der Waals surface area contributed by atoms with Gasteiger partial charge in [0.1, 0.15) is 11.8 Å². The van der Waals surface area contributed by atoms with Crippen LogP contribution in [0.2, 0.25) is 10.0 Å². The average molecular weight is 535 g/mol. The summed E-state index contributed by atoms with van der Waals surface area (Å²) >= 11 is 14.4. The van der Waals surface area contributed by atoms with Gasteiger partial charge in [-0.3, -0.25) is 9.59 Å². The van der Waals surface area contributed by atoms with E-state index < -0.39 is 6.04 Å². The molecule has 2 aromatic carbocycles. The normalized spacial score (nSPS) is 11.6. The Balaban J connectivity index is 2.17. The Morgan fingerprint density at radius 2 is 1.86 bits per heavy atom. The fourth-order valence-electron chi connectivity index (χ4n) is 2.50. The average Bonchev–Trinajstić information content (AvgIpc) is 2.66. The topological polar surface area (TPSA) is 58.6 Å². The summed E-state index contributed by atoms with van der Waals surface area (Å²) in [6.07, 6.45) is 0. The second-order valence-corrected chi connectivity index (χ2v) is 8.16. The highest BCUT2D eigenvalue weighted by atomic mass is 127. The van der Waals surface area contributed by atoms with Crippen molar-refractivity contribution in [3.63, 3.8) is 0 Å². The Bertz CT molecular complexity index is 831. The number of hydrogen-bond donors (Lipinski definition) is 1. The Hall–Kier alpha value is -1.51. The molecule has 2 amide bonds. The molecule has 5 nitrogen and oxygen atoms in total. The molecule has 2 aromatic rings. The number of likely N-dealkylation sites (N-methyl/N-ethyl adjacent to an activating group) is 1. The van der Waals surface area contributed by atoms with Crippen LogP contribution in [0.1, 0.15) is 19.4 Å². The van der Waals surface area contributed by atoms with Crippen LogP contribution in [-0.4, -0.2) is 35.9 Å². The highest BCUT2D eigenvalue weighted by molar-refractivity contribution is 14.1. The largest absolute Gasteiger partial charge is 0.484 e. The van der Waals surface area contributed by atoms with Crippen LogP contribution in [0.4, 0.5) is 0 Å². The number of halogens is 3. The molecule has 0 aromatic heterocycles. The van der Waals surface area contributed by atoms with Crippen LogP contribution in [0.3, 0.4) is 0 Å². The SMILES string of the molecule is CCNC(=O)C(C)N(Cc1ccc(Cl)cc1Cl)C(=O)COc1ccc(I)cc1. The van der Waals surface area contributed by atoms with Gasteiger partial charge in [0.2, 0.25) is 5.91 Å². The van der Waals surface area contributed by atoms with Gasteiger partial charge in [-0.25, -0.2) is 0 Å². The highest BCUT2D eigenvalue weighted by Crippen LogP contribution is 2.23. The molecule has 0 spiro atoms. The van der Waals surface area contributed by atoms with E-state index in [2.05, 4.69) is 27.9 Å². The Labute approximate surface area is 188 Å². The van der Waals surface area contributed by atoms with Crippen LogP contribution < -0.4 is 10.1 Å². The number of ether oxygens (including phenoxy) is 1. The van der Waals surface area contributed by atoms with Gasteiger partial charge in [-0.15, -0.1) is 0 Å². The van der Waals surface area contributed by atoms with Crippen molar-refractivity contribution in [1.82, 2.24) is 10.2 Å². The summed E-state index contributed by atoms with van der Waals surface area (Å²) in [7, 11) is 0. The van der Waals surface area contributed by atoms with Gasteiger partial charge in [0.25, 0.3) is 5.91 Å². The van der Waals surface area contributed by atoms with Crippen LogP contribution in [0.25, 0.3) is 0 Å². The van der Waals surface area contributed by atoms with Crippen molar-refractivity contribution in [1.29, 1.82) is 0 Å². The maximum absolute atomic E-state index is 12.9. The number of amides is 2. The lowest BCUT2D eigenvalue weighted by Crippen LogP contribution is -2.49. The first-order valence-corrected chi connectivity index (χ1v) is 10.5. The maximum atomic E-state index is 12.9. The minimum absolute atomic E-state index is 0.170. The number of rotatable bonds is 8. The lowest BCUT2D eigenvalue weighted by molar-refractivity contribution is -0.142. The van der Waals surface area contributed by atoms with Crippen molar-refractivity contribution in [3.8, 4) is 5.75 Å². The molecule has 0 aliphatic heterocycles. The molecule has 8 heteroatoms. The minimum atomic E-state index is -0.681. The lowest BCUT2D eigenvalue weighted by atomic mass is 10.1. The molecule has 0 saturated carbocycles. The number of nitrogens with zero attached hydrogens (tertiary/aromatic N) is 1. The first-order valence-electron chi connectivity index (χ1n) is 8.71. The van der Waals surface area contributed by atoms with Gasteiger partial charge in [-0.1, -0.05) is 29.3 Å². The number of carbonyl (C=O) groups is 2. The first kappa shape index (κ1) is 22.8. The predicted octanol–water partition coefficient (Wildman–Crippen LogP) is 4.53. The van der Waals surface area contributed by atoms with Crippen LogP contribution in [-0.2, 0) is 16.1 Å². The third-order valence-corrected chi connectivity index (χ3v) is 5.36. The van der Waals surface area contributed by atoms with Gasteiger partial charge < -0.3 is 15.0 Å². The molecular weight excluding hydrogens is 514 g/mol. The highest BCUT2D eigenvalue weighted by Gasteiger charge is 2.26. The molecule has 2 rings (SSSR count). The minimum Gasteiger partial charge on any atom is -0.484 e. The summed E-state index contributed by atoms with van der Waals surface area (Å²) in [5, 5.41) is 3.68. The van der Waals surface area contributed by atoms with Crippen LogP contribution in [0.5, 0.6) is 5.75 Å². The second kappa shape index (κ2) is 10.9. The molecule has 0 fully saturated rings. The zero-order valence-corrected chi connectivity index (χ0v) is 19.2. The fourth-order valence-corrected chi connectivity index (χ4v) is 3.32. The zero-order valence-electron chi connectivity index (χ0n) is 15.5. The van der Waals surface area contributed by atoms with Crippen molar-refractivity contribution < 1.29 is 14.3 Å². The summed E-state index contributed by atoms with van der Waals surface area (Å²) < 4.78 is 6.67. The monoisotopic (exact) mass is 534 g/mol. The van der Waals surface area contributed by atoms with E-state index in [9.17, 15) is 9.59 Å². The predicted molar refractivity (Wildman–Crippen MR) is 120 cm³/mol. The molecule has 1 N–H and O–H groups in total. The summed E-state index contributed by atoms with van der Waals surface area (Å²) in [5.74, 6) is 0.0300. The third-order valence-electron chi connectivity index (χ3n) is 4.05. The number of benzene rings is 2. The van der Waals surface area contributed by atoms with E-state index in [0.29, 0.717) is 27.9 Å². The maximum Gasteiger partial charge on any atom is 0.261 e. The van der Waals surface area contributed by atoms with Crippen molar-refractivity contribution in [2.24, 2.45) is 0 Å². The van der Waals surface area contributed by atoms with Gasteiger partial charge >= 0.3 is 0 Å². The second-order valence-electron chi connectivity index (χ2n) is 6.07. The number of carbonyl (C=O) groups excluding carboxylic acids is 2. The van der Waals surface area contributed by atoms with E-state index in [4.69, 9.17) is 27.9 Å². The van der Waals surface area contributed by atoms with E-state index in [1.165, 1.54) is 4.90 Å². The number of nitrogens with one attached hydrogen (secondary N) is 1. The summed E-state index contributed by atoms with van der Waals surface area (Å²) in [6.45, 7) is 3.97. The standard InChI is InChI=1S/C20H21Cl2IN2O3/c1-3-24-20(27)13(2)25(11-14-4-5-15(21)10-18(14)22)19(26)12-28-17-8-6-16(23)7-9-17/h4-10,13H,3,11-12H2,1-2H3,(H,24,27). The van der Waals surface area contributed by atoms with E-state index >= 15 is 0 Å². The third kappa shape index (κ3) is 6.53. The van der Waals surface area contributed by atoms with Gasteiger partial charge in [0.15, 0.2) is 6.61 Å². The van der Waals surface area contributed by atoms with Crippen LogP contribution in [0, 0.1) is 3.57 Å². The van der Waals surface area contributed by atoms with Gasteiger partial charge in [-0.05, 0) is 78.4 Å². The Kier molecular flexibility index (Phi) is 8.85. The smallest absolute Gasteiger partial charge is 0.261 e. The van der Waals surface area contributed by atoms with Crippen LogP contribution in [0.15, 0.2) is 42.5 Å². The summed E-state index contributed by atoms with van der Waals surface area (Å²) in [4.78, 5) is 26.6. The molecule has 0 aliphatic rings. The molecule has 0 bridgehead atoms. The summed E-state index contributed by atoms with van der Waals surface area (Å²) in [5.41, 5.74) is 0.699. The van der Waals surface area contributed by atoms with Gasteiger partial charge in [0.05, 0.1) is 0 Å². The van der Waals surface area contributed by atoms with Gasteiger partial charge in [0, 0.05) is 26.7 Å². The Morgan fingerprint density at radius 1 is 1.18 bits per heavy atom. The zero-order chi connectivity index (χ0) is 20.7. The van der Waals surface area contributed by atoms with Crippen molar-refractivity contribution >= 4 is 57.6 Å². The first-order chi connectivity index (χ1) is 13.3. The van der Waals surface area contributed by atoms with Crippen LogP contribution >= 0.6 is 45.8 Å². The van der Waals surface area contributed by atoms with Crippen molar-refractivity contribution in [2.75, 3.05) is 13.2 Å². The van der Waals surface area contributed by atoms with E-state index in [1.807, 2.05) is 19.1 Å². The quantitative estimate of drug-likeness (QED) is 0.506. The van der Waals surface area contributed by atoms with Crippen molar-refractivity contribution in [3.05, 3.63) is 61.6 Å². The molecule has 0 saturated heterocycles.